The summed E-state index contributed by atoms with van der Waals surface area (Å²) < 4.78 is 17.5. The summed E-state index contributed by atoms with van der Waals surface area (Å²) in [4.78, 5) is 26.5. The molecule has 1 saturated heterocycles. The molecule has 1 heterocycles. The van der Waals surface area contributed by atoms with Gasteiger partial charge in [-0.1, -0.05) is 279 Å². The molecule has 0 radical (unpaired) electrons. The largest absolute Gasteiger partial charge is 0.454 e. The van der Waals surface area contributed by atoms with Crippen LogP contribution in [0, 0.1) is 0 Å². The third-order valence-electron chi connectivity index (χ3n) is 14.7. The van der Waals surface area contributed by atoms with Crippen molar-refractivity contribution < 1.29 is 49.3 Å². The minimum absolute atomic E-state index is 0.0248. The molecule has 450 valence electrons. The fourth-order valence-corrected chi connectivity index (χ4v) is 9.62. The highest BCUT2D eigenvalue weighted by molar-refractivity contribution is 5.80. The lowest BCUT2D eigenvalue weighted by Crippen LogP contribution is -2.61. The Bertz CT molecular complexity index is 1590. The molecule has 6 N–H and O–H groups in total. The maximum absolute atomic E-state index is 13.4. The van der Waals surface area contributed by atoms with Crippen molar-refractivity contribution in [3.63, 3.8) is 0 Å². The van der Waals surface area contributed by atoms with Gasteiger partial charge in [0, 0.05) is 6.42 Å². The van der Waals surface area contributed by atoms with Gasteiger partial charge in [0.2, 0.25) is 5.91 Å². The number of carbonyl (C=O) groups excluding carboxylic acids is 2. The van der Waals surface area contributed by atoms with Crippen LogP contribution in [0.4, 0.5) is 0 Å². The molecule has 1 aliphatic heterocycles. The zero-order valence-corrected chi connectivity index (χ0v) is 49.8. The Balaban J connectivity index is 2.63. The molecule has 1 rings (SSSR count). The molecule has 8 atom stereocenters. The lowest BCUT2D eigenvalue weighted by atomic mass is 9.99. The molecule has 11 heteroatoms. The quantitative estimate of drug-likeness (QED) is 0.0149. The molecule has 1 aliphatic rings. The monoisotopic (exact) mass is 1100 g/mol. The standard InChI is InChI=1S/C67H117NO10/c1-4-7-10-13-16-19-22-25-26-27-28-29-30-31-32-33-34-35-37-39-42-45-48-51-54-60(71)66(75)68-58(59(70)53-50-47-44-41-38-24-21-18-15-12-9-6-3)57-76-67-65(64(74)63(73)61(56-69)77-67)78-62(72)55-52-49-46-43-40-36-23-20-17-14-11-8-5-2/h8,11,14,17,20,23,25-26,36,40,43,46,50,53,58-61,63-65,67,69-71,73-74H,4-7,9-10,12-13,15-16,18-19,21-22,24,27-35,37-39,41-42,44-45,47-49,51-52,54-57H2,1-3H3,(H,68,75)/b11-8+,17-14+,23-20-,26-25+,40-36-,46-43+,53-50+. The Morgan fingerprint density at radius 3 is 1.41 bits per heavy atom. The summed E-state index contributed by atoms with van der Waals surface area (Å²) in [6.45, 7) is 5.60. The van der Waals surface area contributed by atoms with Crippen molar-refractivity contribution in [2.45, 2.75) is 314 Å². The van der Waals surface area contributed by atoms with Crippen molar-refractivity contribution in [3.8, 4) is 0 Å². The van der Waals surface area contributed by atoms with E-state index in [2.05, 4.69) is 44.3 Å². The summed E-state index contributed by atoms with van der Waals surface area (Å²) in [7, 11) is 0. The highest BCUT2D eigenvalue weighted by Crippen LogP contribution is 2.26. The van der Waals surface area contributed by atoms with E-state index in [0.717, 1.165) is 44.9 Å². The number of carbonyl (C=O) groups is 2. The summed E-state index contributed by atoms with van der Waals surface area (Å²) in [6.07, 6.45) is 60.8. The second-order valence-corrected chi connectivity index (χ2v) is 21.9. The Morgan fingerprint density at radius 2 is 0.936 bits per heavy atom. The van der Waals surface area contributed by atoms with Gasteiger partial charge in [-0.25, -0.2) is 0 Å². The predicted octanol–water partition coefficient (Wildman–Crippen LogP) is 15.3. The molecular formula is C67H117NO10. The Morgan fingerprint density at radius 1 is 0.513 bits per heavy atom. The van der Waals surface area contributed by atoms with Crippen molar-refractivity contribution in [2.75, 3.05) is 13.2 Å². The van der Waals surface area contributed by atoms with Crippen molar-refractivity contribution in [1.29, 1.82) is 0 Å². The van der Waals surface area contributed by atoms with Crippen LogP contribution in [0.1, 0.15) is 265 Å². The molecule has 0 aromatic carbocycles. The number of allylic oxidation sites excluding steroid dienone is 13. The van der Waals surface area contributed by atoms with Crippen LogP contribution in [-0.2, 0) is 23.8 Å². The Kier molecular flexibility index (Phi) is 50.8. The molecule has 1 fully saturated rings. The van der Waals surface area contributed by atoms with Gasteiger partial charge in [0.25, 0.3) is 0 Å². The molecule has 0 aromatic rings. The molecule has 8 unspecified atom stereocenters. The fraction of sp³-hybridized carbons (Fsp3) is 0.761. The third kappa shape index (κ3) is 41.8. The Hall–Kier alpha value is -3.16. The average molecular weight is 1100 g/mol. The first kappa shape index (κ1) is 72.9. The number of amides is 1. The van der Waals surface area contributed by atoms with E-state index < -0.39 is 67.4 Å². The van der Waals surface area contributed by atoms with E-state index in [4.69, 9.17) is 14.2 Å². The van der Waals surface area contributed by atoms with E-state index >= 15 is 0 Å². The van der Waals surface area contributed by atoms with Gasteiger partial charge < -0.3 is 45.1 Å². The van der Waals surface area contributed by atoms with E-state index in [9.17, 15) is 35.1 Å². The molecule has 0 bridgehead atoms. The number of esters is 1. The van der Waals surface area contributed by atoms with Gasteiger partial charge in [-0.3, -0.25) is 9.59 Å². The van der Waals surface area contributed by atoms with E-state index in [1.807, 2.05) is 60.8 Å². The third-order valence-corrected chi connectivity index (χ3v) is 14.7. The lowest BCUT2D eigenvalue weighted by Gasteiger charge is -2.41. The van der Waals surface area contributed by atoms with Crippen molar-refractivity contribution in [1.82, 2.24) is 5.32 Å². The first-order valence-electron chi connectivity index (χ1n) is 31.9. The highest BCUT2D eigenvalue weighted by atomic mass is 16.7. The minimum atomic E-state index is -1.65. The number of hydrogen-bond acceptors (Lipinski definition) is 10. The van der Waals surface area contributed by atoms with Crippen molar-refractivity contribution >= 4 is 11.9 Å². The summed E-state index contributed by atoms with van der Waals surface area (Å²) in [5.74, 6) is -1.27. The van der Waals surface area contributed by atoms with Crippen LogP contribution in [0.2, 0.25) is 0 Å². The molecule has 0 spiro atoms. The van der Waals surface area contributed by atoms with Gasteiger partial charge >= 0.3 is 5.97 Å². The van der Waals surface area contributed by atoms with Crippen LogP contribution in [0.5, 0.6) is 0 Å². The molecule has 0 aliphatic carbocycles. The molecule has 78 heavy (non-hydrogen) atoms. The summed E-state index contributed by atoms with van der Waals surface area (Å²) >= 11 is 0. The summed E-state index contributed by atoms with van der Waals surface area (Å²) in [5, 5.41) is 56.9. The van der Waals surface area contributed by atoms with Crippen LogP contribution >= 0.6 is 0 Å². The first-order valence-corrected chi connectivity index (χ1v) is 31.9. The van der Waals surface area contributed by atoms with Gasteiger partial charge in [-0.2, -0.15) is 0 Å². The van der Waals surface area contributed by atoms with Crippen LogP contribution in [0.25, 0.3) is 0 Å². The molecule has 0 aromatic heterocycles. The van der Waals surface area contributed by atoms with Crippen LogP contribution in [0.3, 0.4) is 0 Å². The van der Waals surface area contributed by atoms with E-state index in [0.29, 0.717) is 19.3 Å². The fourth-order valence-electron chi connectivity index (χ4n) is 9.62. The number of hydrogen-bond donors (Lipinski definition) is 6. The second-order valence-electron chi connectivity index (χ2n) is 21.9. The van der Waals surface area contributed by atoms with E-state index in [-0.39, 0.29) is 19.4 Å². The molecular weight excluding hydrogens is 979 g/mol. The number of ether oxygens (including phenoxy) is 3. The van der Waals surface area contributed by atoms with Gasteiger partial charge in [0.05, 0.1) is 25.4 Å². The summed E-state index contributed by atoms with van der Waals surface area (Å²) in [5.41, 5.74) is 0. The number of rotatable bonds is 53. The van der Waals surface area contributed by atoms with E-state index in [1.54, 1.807) is 6.08 Å². The summed E-state index contributed by atoms with van der Waals surface area (Å²) in [6, 6.07) is -1.04. The highest BCUT2D eigenvalue weighted by Gasteiger charge is 2.47. The average Bonchev–Trinajstić information content (AvgIpc) is 3.44. The van der Waals surface area contributed by atoms with Gasteiger partial charge in [-0.15, -0.1) is 0 Å². The Labute approximate surface area is 476 Å². The maximum Gasteiger partial charge on any atom is 0.306 e. The lowest BCUT2D eigenvalue weighted by molar-refractivity contribution is -0.305. The topological polar surface area (TPSA) is 175 Å². The van der Waals surface area contributed by atoms with Gasteiger partial charge in [-0.05, 0) is 64.2 Å². The van der Waals surface area contributed by atoms with Gasteiger partial charge in [0.1, 0.15) is 24.4 Å². The molecule has 11 nitrogen and oxygen atoms in total. The normalized spacial score (nSPS) is 19.5. The maximum atomic E-state index is 13.4. The van der Waals surface area contributed by atoms with Crippen LogP contribution in [-0.4, -0.2) is 99.6 Å². The van der Waals surface area contributed by atoms with Crippen LogP contribution < -0.4 is 5.32 Å². The zero-order valence-electron chi connectivity index (χ0n) is 49.8. The van der Waals surface area contributed by atoms with Gasteiger partial charge in [0.15, 0.2) is 12.4 Å². The zero-order chi connectivity index (χ0) is 56.8. The number of unbranched alkanes of at least 4 members (excludes halogenated alkanes) is 31. The predicted molar refractivity (Wildman–Crippen MR) is 324 cm³/mol. The SMILES string of the molecule is CC/C=C/C=C/C=C\C=C/C=C/CCCC(=O)OC1C(OCC(NC(=O)C(O)CCCCCCCCCCCCCCCC/C=C/CCCCCCCC)C(O)/C=C/CCCCCCCCCCCC)OC(CO)C(O)C1O. The van der Waals surface area contributed by atoms with E-state index in [1.165, 1.54) is 167 Å². The second kappa shape index (κ2) is 54.4. The molecule has 0 saturated carbocycles. The van der Waals surface area contributed by atoms with Crippen molar-refractivity contribution in [3.05, 3.63) is 85.1 Å². The minimum Gasteiger partial charge on any atom is -0.454 e. The number of nitrogens with one attached hydrogen (secondary N) is 1. The number of aliphatic hydroxyl groups excluding tert-OH is 5. The van der Waals surface area contributed by atoms with Crippen LogP contribution in [0.15, 0.2) is 85.1 Å². The molecule has 1 amide bonds. The van der Waals surface area contributed by atoms with Crippen molar-refractivity contribution in [2.24, 2.45) is 0 Å². The smallest absolute Gasteiger partial charge is 0.306 e. The first-order chi connectivity index (χ1) is 38.2. The number of aliphatic hydroxyl groups is 5.